The molecule has 0 aromatic carbocycles. The molecule has 3 N–H and O–H groups in total. The van der Waals surface area contributed by atoms with Crippen molar-refractivity contribution >= 4 is 11.6 Å². The van der Waals surface area contributed by atoms with Crippen molar-refractivity contribution in [3.05, 3.63) is 21.8 Å². The van der Waals surface area contributed by atoms with Crippen LogP contribution in [0.25, 0.3) is 0 Å². The van der Waals surface area contributed by atoms with Crippen LogP contribution in [0.5, 0.6) is 0 Å². The van der Waals surface area contributed by atoms with Crippen LogP contribution in [0.3, 0.4) is 0 Å². The Morgan fingerprint density at radius 3 is 2.90 bits per heavy atom. The van der Waals surface area contributed by atoms with Gasteiger partial charge in [-0.25, -0.2) is 4.79 Å². The predicted molar refractivity (Wildman–Crippen MR) is 39.1 cm³/mol. The highest BCUT2D eigenvalue weighted by molar-refractivity contribution is 6.29. The smallest absolute Gasteiger partial charge is 0.326 e. The number of aromatic amines is 1. The van der Waals surface area contributed by atoms with Gasteiger partial charge in [0.1, 0.15) is 5.15 Å². The van der Waals surface area contributed by atoms with Crippen molar-refractivity contribution in [2.75, 3.05) is 6.54 Å². The fraction of sp³-hybridized carbons (Fsp3) is 0.400. The number of hydrogen-bond donors (Lipinski definition) is 2. The van der Waals surface area contributed by atoms with E-state index in [1.54, 1.807) is 0 Å². The highest BCUT2D eigenvalue weighted by atomic mass is 35.5. The fourth-order valence-corrected chi connectivity index (χ4v) is 0.927. The Kier molecular flexibility index (Phi) is 2.13. The van der Waals surface area contributed by atoms with Crippen molar-refractivity contribution in [1.82, 2.24) is 9.55 Å². The van der Waals surface area contributed by atoms with Gasteiger partial charge in [0, 0.05) is 19.3 Å². The molecule has 10 heavy (non-hydrogen) atoms. The standard InChI is InChI=1S/C5H8ClN3O/c6-4-3-8-5(10)9(4)2-1-7/h3H,1-2,7H2,(H,8,10). The molecule has 0 aliphatic rings. The molecule has 1 aromatic heterocycles. The van der Waals surface area contributed by atoms with Gasteiger partial charge >= 0.3 is 5.69 Å². The maximum Gasteiger partial charge on any atom is 0.326 e. The maximum atomic E-state index is 10.8. The molecule has 0 amide bonds. The van der Waals surface area contributed by atoms with Crippen LogP contribution in [0.15, 0.2) is 11.0 Å². The number of H-pyrrole nitrogens is 1. The first kappa shape index (κ1) is 7.37. The molecule has 4 nitrogen and oxygen atoms in total. The molecule has 0 unspecified atom stereocenters. The second-order valence-electron chi connectivity index (χ2n) is 1.86. The van der Waals surface area contributed by atoms with Crippen molar-refractivity contribution in [3.63, 3.8) is 0 Å². The van der Waals surface area contributed by atoms with Crippen LogP contribution in [-0.2, 0) is 6.54 Å². The zero-order valence-corrected chi connectivity index (χ0v) is 6.06. The third kappa shape index (κ3) is 1.22. The summed E-state index contributed by atoms with van der Waals surface area (Å²) in [6.07, 6.45) is 1.44. The number of nitrogens with one attached hydrogen (secondary N) is 1. The van der Waals surface area contributed by atoms with Crippen LogP contribution in [-0.4, -0.2) is 16.1 Å². The van der Waals surface area contributed by atoms with Gasteiger partial charge < -0.3 is 10.7 Å². The number of hydrogen-bond acceptors (Lipinski definition) is 2. The highest BCUT2D eigenvalue weighted by Crippen LogP contribution is 2.01. The SMILES string of the molecule is NCCn1c(Cl)c[nH]c1=O. The van der Waals surface area contributed by atoms with E-state index in [9.17, 15) is 4.79 Å². The summed E-state index contributed by atoms with van der Waals surface area (Å²) in [6.45, 7) is 0.874. The molecule has 1 heterocycles. The van der Waals surface area contributed by atoms with Gasteiger partial charge in [-0.05, 0) is 0 Å². The summed E-state index contributed by atoms with van der Waals surface area (Å²) in [5, 5.41) is 0.399. The molecule has 56 valence electrons. The van der Waals surface area contributed by atoms with E-state index in [1.165, 1.54) is 10.8 Å². The molecule has 5 heteroatoms. The average molecular weight is 162 g/mol. The van der Waals surface area contributed by atoms with Gasteiger partial charge in [0.2, 0.25) is 0 Å². The van der Waals surface area contributed by atoms with Crippen LogP contribution in [0.4, 0.5) is 0 Å². The number of rotatable bonds is 2. The largest absolute Gasteiger partial charge is 0.329 e. The van der Waals surface area contributed by atoms with Gasteiger partial charge in [-0.15, -0.1) is 0 Å². The van der Waals surface area contributed by atoms with E-state index in [2.05, 4.69) is 4.98 Å². The molecule has 0 saturated heterocycles. The molecule has 0 aliphatic carbocycles. The van der Waals surface area contributed by atoms with Gasteiger partial charge in [0.15, 0.2) is 0 Å². The zero-order valence-electron chi connectivity index (χ0n) is 5.30. The molecule has 0 fully saturated rings. The first-order chi connectivity index (χ1) is 4.75. The maximum absolute atomic E-state index is 10.8. The molecule has 0 saturated carbocycles. The van der Waals surface area contributed by atoms with Crippen LogP contribution >= 0.6 is 11.6 Å². The Balaban J connectivity index is 2.99. The van der Waals surface area contributed by atoms with E-state index in [0.717, 1.165) is 0 Å². The lowest BCUT2D eigenvalue weighted by molar-refractivity contribution is 0.684. The summed E-state index contributed by atoms with van der Waals surface area (Å²) in [5.41, 5.74) is 5.01. The Hall–Kier alpha value is -0.740. The van der Waals surface area contributed by atoms with Crippen molar-refractivity contribution in [2.24, 2.45) is 5.73 Å². The first-order valence-corrected chi connectivity index (χ1v) is 3.27. The minimum Gasteiger partial charge on any atom is -0.329 e. The summed E-state index contributed by atoms with van der Waals surface area (Å²) in [4.78, 5) is 13.2. The Morgan fingerprint density at radius 1 is 1.80 bits per heavy atom. The van der Waals surface area contributed by atoms with E-state index in [0.29, 0.717) is 18.2 Å². The van der Waals surface area contributed by atoms with Crippen molar-refractivity contribution in [3.8, 4) is 0 Å². The van der Waals surface area contributed by atoms with Gasteiger partial charge in [-0.2, -0.15) is 0 Å². The molecule has 0 atom stereocenters. The Morgan fingerprint density at radius 2 is 2.50 bits per heavy atom. The van der Waals surface area contributed by atoms with Crippen LogP contribution < -0.4 is 11.4 Å². The topological polar surface area (TPSA) is 63.8 Å². The molecule has 1 rings (SSSR count). The lowest BCUT2D eigenvalue weighted by Gasteiger charge is -1.96. The van der Waals surface area contributed by atoms with Crippen molar-refractivity contribution in [1.29, 1.82) is 0 Å². The molecular weight excluding hydrogens is 154 g/mol. The van der Waals surface area contributed by atoms with Gasteiger partial charge in [-0.1, -0.05) is 11.6 Å². The fourth-order valence-electron chi connectivity index (χ4n) is 0.712. The summed E-state index contributed by atoms with van der Waals surface area (Å²) in [7, 11) is 0. The van der Waals surface area contributed by atoms with Gasteiger partial charge in [0.25, 0.3) is 0 Å². The quantitative estimate of drug-likeness (QED) is 0.631. The summed E-state index contributed by atoms with van der Waals surface area (Å²) < 4.78 is 1.38. The van der Waals surface area contributed by atoms with Crippen LogP contribution in [0.2, 0.25) is 5.15 Å². The van der Waals surface area contributed by atoms with Gasteiger partial charge in [-0.3, -0.25) is 4.57 Å². The predicted octanol–water partition coefficient (Wildman–Crippen LogP) is -0.212. The monoisotopic (exact) mass is 161 g/mol. The molecular formula is C5H8ClN3O. The number of halogens is 1. The third-order valence-electron chi connectivity index (χ3n) is 1.17. The first-order valence-electron chi connectivity index (χ1n) is 2.89. The molecule has 0 radical (unpaired) electrons. The van der Waals surface area contributed by atoms with E-state index >= 15 is 0 Å². The number of nitrogens with zero attached hydrogens (tertiary/aromatic N) is 1. The summed E-state index contributed by atoms with van der Waals surface area (Å²) in [6, 6.07) is 0. The normalized spacial score (nSPS) is 10.2. The minimum atomic E-state index is -0.213. The number of imidazole rings is 1. The van der Waals surface area contributed by atoms with Crippen molar-refractivity contribution < 1.29 is 0 Å². The minimum absolute atomic E-state index is 0.213. The Bertz CT molecular complexity index is 264. The lowest BCUT2D eigenvalue weighted by atomic mass is 10.6. The number of nitrogens with two attached hydrogens (primary N) is 1. The number of aromatic nitrogens is 2. The molecule has 0 spiro atoms. The summed E-state index contributed by atoms with van der Waals surface area (Å²) >= 11 is 5.60. The second kappa shape index (κ2) is 2.90. The molecule has 1 aromatic rings. The van der Waals surface area contributed by atoms with Crippen LogP contribution in [0.1, 0.15) is 0 Å². The average Bonchev–Trinajstić information content (AvgIpc) is 2.20. The van der Waals surface area contributed by atoms with Crippen molar-refractivity contribution in [2.45, 2.75) is 6.54 Å². The van der Waals surface area contributed by atoms with E-state index in [1.807, 2.05) is 0 Å². The third-order valence-corrected chi connectivity index (χ3v) is 1.48. The van der Waals surface area contributed by atoms with E-state index < -0.39 is 0 Å². The molecule has 0 bridgehead atoms. The lowest BCUT2D eigenvalue weighted by Crippen LogP contribution is -2.21. The van der Waals surface area contributed by atoms with E-state index in [4.69, 9.17) is 17.3 Å². The highest BCUT2D eigenvalue weighted by Gasteiger charge is 1.99. The molecule has 0 aliphatic heterocycles. The van der Waals surface area contributed by atoms with E-state index in [-0.39, 0.29) is 5.69 Å². The Labute approximate surface area is 62.6 Å². The second-order valence-corrected chi connectivity index (χ2v) is 2.24. The van der Waals surface area contributed by atoms with Crippen LogP contribution in [0, 0.1) is 0 Å². The summed E-state index contributed by atoms with van der Waals surface area (Å²) in [5.74, 6) is 0. The van der Waals surface area contributed by atoms with Gasteiger partial charge in [0.05, 0.1) is 0 Å². The zero-order chi connectivity index (χ0) is 7.56.